The van der Waals surface area contributed by atoms with Gasteiger partial charge in [0.15, 0.2) is 5.69 Å². The van der Waals surface area contributed by atoms with Gasteiger partial charge in [0.25, 0.3) is 11.8 Å². The summed E-state index contributed by atoms with van der Waals surface area (Å²) in [5.74, 6) is -2.96. The topological polar surface area (TPSA) is 111 Å². The fourth-order valence-electron chi connectivity index (χ4n) is 3.88. The third-order valence-corrected chi connectivity index (χ3v) is 5.56. The molecule has 3 amide bonds. The maximum absolute atomic E-state index is 14.1. The van der Waals surface area contributed by atoms with E-state index in [0.717, 1.165) is 20.0 Å². The van der Waals surface area contributed by atoms with E-state index in [1.54, 1.807) is 4.90 Å². The summed E-state index contributed by atoms with van der Waals surface area (Å²) in [7, 11) is 1.15. The summed E-state index contributed by atoms with van der Waals surface area (Å²) in [6.07, 6.45) is -1.15. The predicted octanol–water partition coefficient (Wildman–Crippen LogP) is 2.70. The zero-order valence-electron chi connectivity index (χ0n) is 26.1. The van der Waals surface area contributed by atoms with E-state index < -0.39 is 77.2 Å². The van der Waals surface area contributed by atoms with Gasteiger partial charge in [0.1, 0.15) is 11.4 Å². The molecule has 174 valence electrons. The molecule has 5 rings (SSSR count). The molecule has 1 fully saturated rings. The largest absolute Gasteiger partial charge is 0.497 e. The number of benzene rings is 2. The van der Waals surface area contributed by atoms with Crippen LogP contribution in [0.4, 0.5) is 11.4 Å². The highest BCUT2D eigenvalue weighted by Crippen LogP contribution is 2.31. The van der Waals surface area contributed by atoms with Crippen molar-refractivity contribution in [1.82, 2.24) is 9.78 Å². The first kappa shape index (κ1) is 14.2. The number of methoxy groups -OCH3 is 1. The molecule has 1 aromatic heterocycles. The van der Waals surface area contributed by atoms with E-state index >= 15 is 0 Å². The van der Waals surface area contributed by atoms with Gasteiger partial charge in [-0.15, -0.1) is 0 Å². The van der Waals surface area contributed by atoms with Gasteiger partial charge in [0.05, 0.1) is 21.0 Å². The van der Waals surface area contributed by atoms with Crippen molar-refractivity contribution in [3.63, 3.8) is 0 Å². The number of amides is 3. The number of anilines is 2. The van der Waals surface area contributed by atoms with Gasteiger partial charge >= 0.3 is 0 Å². The number of nitrogens with two attached hydrogens (primary N) is 1. The molecule has 2 N–H and O–H groups in total. The second kappa shape index (κ2) is 8.66. The van der Waals surface area contributed by atoms with E-state index in [9.17, 15) is 14.4 Å². The number of ether oxygens (including phenoxy) is 1. The summed E-state index contributed by atoms with van der Waals surface area (Å²) in [5.41, 5.74) is 2.99. The molecule has 1 saturated heterocycles. The van der Waals surface area contributed by atoms with Gasteiger partial charge in [-0.1, -0.05) is 0 Å². The van der Waals surface area contributed by atoms with Crippen LogP contribution in [-0.2, 0) is 11.2 Å². The van der Waals surface area contributed by atoms with Crippen molar-refractivity contribution in [3.05, 3.63) is 65.4 Å². The summed E-state index contributed by atoms with van der Waals surface area (Å²) in [6, 6.07) is 3.05. The van der Waals surface area contributed by atoms with Crippen LogP contribution in [0.25, 0.3) is 5.69 Å². The van der Waals surface area contributed by atoms with Gasteiger partial charge in [-0.25, -0.2) is 4.68 Å². The molecule has 2 aromatic carbocycles. The molecule has 0 atom stereocenters. The average molecular weight is 468 g/mol. The molecule has 9 nitrogen and oxygen atoms in total. The molecule has 34 heavy (non-hydrogen) atoms. The van der Waals surface area contributed by atoms with Crippen molar-refractivity contribution in [3.8, 4) is 11.4 Å². The van der Waals surface area contributed by atoms with E-state index in [2.05, 4.69) is 5.10 Å². The molecule has 0 aliphatic carbocycles. The quantitative estimate of drug-likeness (QED) is 0.620. The molecule has 0 saturated carbocycles. The van der Waals surface area contributed by atoms with Gasteiger partial charge in [0, 0.05) is 39.1 Å². The van der Waals surface area contributed by atoms with Crippen molar-refractivity contribution in [1.29, 1.82) is 0 Å². The lowest BCUT2D eigenvalue weighted by atomic mass is 10.0. The lowest BCUT2D eigenvalue weighted by molar-refractivity contribution is -0.119. The van der Waals surface area contributed by atoms with Crippen LogP contribution in [0.5, 0.6) is 5.75 Å². The summed E-state index contributed by atoms with van der Waals surface area (Å²) >= 11 is 0. The highest BCUT2D eigenvalue weighted by atomic mass is 16.5. The highest BCUT2D eigenvalue weighted by Gasteiger charge is 2.34. The molecular weight excluding hydrogens is 434 g/mol. The SMILES string of the molecule is [2H]c1c([2H])c(-n2nc(C(N)=O)c3c2C(=O)N(c2ccc(N4CCCCC4=O)cc2)C([2H])([2H])C3([2H])[2H])c([2H])c([2H])c1OC. The number of carbonyl (C=O) groups excluding carboxylic acids is 3. The zero-order chi connectivity index (χ0) is 30.9. The lowest BCUT2D eigenvalue weighted by Crippen LogP contribution is -2.39. The van der Waals surface area contributed by atoms with Gasteiger partial charge < -0.3 is 20.3 Å². The molecule has 9 heteroatoms. The Kier molecular flexibility index (Phi) is 3.62. The summed E-state index contributed by atoms with van der Waals surface area (Å²) < 4.78 is 73.9. The van der Waals surface area contributed by atoms with E-state index in [4.69, 9.17) is 21.4 Å². The molecule has 0 bridgehead atoms. The number of nitrogens with zero attached hydrogens (tertiary/aromatic N) is 4. The monoisotopic (exact) mass is 467 g/mol. The molecule has 0 unspecified atom stereocenters. The number of fused-ring (bicyclic) bond motifs is 1. The number of carbonyl (C=O) groups is 3. The molecule has 3 aromatic rings. The van der Waals surface area contributed by atoms with E-state index in [1.165, 1.54) is 24.3 Å². The number of primary amides is 1. The summed E-state index contributed by atoms with van der Waals surface area (Å²) in [6.45, 7) is -2.61. The minimum Gasteiger partial charge on any atom is -0.497 e. The second-order valence-electron chi connectivity index (χ2n) is 7.63. The van der Waals surface area contributed by atoms with Crippen LogP contribution in [0.3, 0.4) is 0 Å². The lowest BCUT2D eigenvalue weighted by Gasteiger charge is -2.29. The fraction of sp³-hybridized carbons (Fsp3) is 0.280. The number of hydrogen-bond acceptors (Lipinski definition) is 5. The third-order valence-electron chi connectivity index (χ3n) is 5.56. The molecule has 3 heterocycles. The Hall–Kier alpha value is -4.14. The Morgan fingerprint density at radius 2 is 1.74 bits per heavy atom. The number of hydrogen-bond donors (Lipinski definition) is 1. The van der Waals surface area contributed by atoms with Crippen LogP contribution in [0.2, 0.25) is 0 Å². The van der Waals surface area contributed by atoms with Gasteiger partial charge in [0.2, 0.25) is 5.91 Å². The van der Waals surface area contributed by atoms with Crippen molar-refractivity contribution in [2.24, 2.45) is 5.73 Å². The highest BCUT2D eigenvalue weighted by molar-refractivity contribution is 6.09. The Morgan fingerprint density at radius 3 is 2.35 bits per heavy atom. The van der Waals surface area contributed by atoms with Crippen LogP contribution < -0.4 is 20.3 Å². The van der Waals surface area contributed by atoms with E-state index in [1.807, 2.05) is 0 Å². The molecule has 2 aliphatic rings. The maximum Gasteiger partial charge on any atom is 0.277 e. The summed E-state index contributed by atoms with van der Waals surface area (Å²) in [4.78, 5) is 41.0. The smallest absolute Gasteiger partial charge is 0.277 e. The van der Waals surface area contributed by atoms with Crippen molar-refractivity contribution >= 4 is 29.1 Å². The number of rotatable bonds is 5. The van der Waals surface area contributed by atoms with Gasteiger partial charge in [-0.3, -0.25) is 14.4 Å². The van der Waals surface area contributed by atoms with Crippen LogP contribution in [-0.4, -0.2) is 47.7 Å². The molecule has 0 spiro atoms. The van der Waals surface area contributed by atoms with Crippen LogP contribution in [0, 0.1) is 0 Å². The standard InChI is InChI=1S/C25H25N5O4/c1-34-19-11-9-18(10-12-19)30-23-20(22(27-30)24(26)32)13-15-29(25(23)33)17-7-5-16(6-8-17)28-14-3-2-4-21(28)31/h5-12H,2-4,13-15H2,1H3,(H2,26,32)/i9D,10D,11D,12D,13D2,15D2. The first-order valence-corrected chi connectivity index (χ1v) is 10.5. The minimum atomic E-state index is -3.11. The predicted molar refractivity (Wildman–Crippen MR) is 127 cm³/mol. The third kappa shape index (κ3) is 3.68. The van der Waals surface area contributed by atoms with Crippen LogP contribution >= 0.6 is 0 Å². The van der Waals surface area contributed by atoms with E-state index in [0.29, 0.717) is 28.2 Å². The molecular formula is C25H25N5O4. The Balaban J connectivity index is 1.74. The average Bonchev–Trinajstić information content (AvgIpc) is 3.34. The number of piperidine rings is 1. The zero-order valence-corrected chi connectivity index (χ0v) is 18.1. The van der Waals surface area contributed by atoms with Crippen molar-refractivity contribution < 1.29 is 30.1 Å². The number of aromatic nitrogens is 2. The fourth-order valence-corrected chi connectivity index (χ4v) is 3.88. The summed E-state index contributed by atoms with van der Waals surface area (Å²) in [5, 5.41) is 3.94. The van der Waals surface area contributed by atoms with Gasteiger partial charge in [-0.05, 0) is 67.6 Å². The molecule has 2 aliphatic heterocycles. The Labute approximate surface area is 207 Å². The van der Waals surface area contributed by atoms with Crippen LogP contribution in [0.1, 0.15) is 56.8 Å². The van der Waals surface area contributed by atoms with Crippen molar-refractivity contribution in [2.75, 3.05) is 30.0 Å². The second-order valence-corrected chi connectivity index (χ2v) is 7.63. The normalized spacial score (nSPS) is 22.3. The minimum absolute atomic E-state index is 0.0818. The van der Waals surface area contributed by atoms with Crippen LogP contribution in [0.15, 0.2) is 48.4 Å². The van der Waals surface area contributed by atoms with Crippen molar-refractivity contribution in [2.45, 2.75) is 25.6 Å². The van der Waals surface area contributed by atoms with Gasteiger partial charge in [-0.2, -0.15) is 5.10 Å². The first-order chi connectivity index (χ1) is 19.7. The van der Waals surface area contributed by atoms with E-state index in [-0.39, 0.29) is 11.6 Å². The first-order valence-electron chi connectivity index (χ1n) is 14.5. The Morgan fingerprint density at radius 1 is 1.06 bits per heavy atom. The Bertz CT molecular complexity index is 1630. The maximum atomic E-state index is 14.1. The molecule has 0 radical (unpaired) electrons.